The van der Waals surface area contributed by atoms with Crippen molar-refractivity contribution in [1.29, 1.82) is 0 Å². The van der Waals surface area contributed by atoms with E-state index in [4.69, 9.17) is 0 Å². The van der Waals surface area contributed by atoms with Gasteiger partial charge in [0, 0.05) is 18.7 Å². The molecular weight excluding hydrogens is 306 g/mol. The zero-order chi connectivity index (χ0) is 16.7. The molecule has 0 saturated carbocycles. The van der Waals surface area contributed by atoms with E-state index in [9.17, 15) is 15.2 Å². The van der Waals surface area contributed by atoms with Gasteiger partial charge in [0.15, 0.2) is 0 Å². The Labute approximate surface area is 137 Å². The van der Waals surface area contributed by atoms with E-state index in [1.165, 1.54) is 6.07 Å². The Hall–Kier alpha value is -2.99. The average molecular weight is 321 g/mol. The number of pyridine rings is 1. The zero-order valence-corrected chi connectivity index (χ0v) is 12.7. The molecule has 0 saturated heterocycles. The number of rotatable bonds is 3. The summed E-state index contributed by atoms with van der Waals surface area (Å²) in [6.07, 6.45) is 1.65. The average Bonchev–Trinajstić information content (AvgIpc) is 2.90. The second kappa shape index (κ2) is 5.58. The van der Waals surface area contributed by atoms with Crippen LogP contribution >= 0.6 is 0 Å². The Kier molecular flexibility index (Phi) is 3.39. The van der Waals surface area contributed by atoms with Crippen LogP contribution in [0.1, 0.15) is 17.2 Å². The Morgan fingerprint density at radius 3 is 2.83 bits per heavy atom. The van der Waals surface area contributed by atoms with E-state index < -0.39 is 11.0 Å². The van der Waals surface area contributed by atoms with Crippen LogP contribution in [0.4, 0.5) is 11.4 Å². The molecular formula is C18H15N3O3. The molecule has 0 spiro atoms. The van der Waals surface area contributed by atoms with Crippen LogP contribution < -0.4 is 5.32 Å². The third kappa shape index (κ3) is 2.28. The first kappa shape index (κ1) is 14.6. The van der Waals surface area contributed by atoms with Crippen LogP contribution in [0.25, 0.3) is 10.9 Å². The van der Waals surface area contributed by atoms with E-state index in [-0.39, 0.29) is 11.7 Å². The highest BCUT2D eigenvalue weighted by molar-refractivity contribution is 5.96. The highest BCUT2D eigenvalue weighted by Gasteiger charge is 2.31. The van der Waals surface area contributed by atoms with Crippen LogP contribution in [0.2, 0.25) is 0 Å². The molecule has 6 nitrogen and oxygen atoms in total. The number of nitro benzene ring substituents is 1. The Morgan fingerprint density at radius 1 is 1.17 bits per heavy atom. The van der Waals surface area contributed by atoms with Crippen LogP contribution in [0.5, 0.6) is 0 Å². The summed E-state index contributed by atoms with van der Waals surface area (Å²) < 4.78 is 0. The van der Waals surface area contributed by atoms with Crippen molar-refractivity contribution in [2.24, 2.45) is 0 Å². The van der Waals surface area contributed by atoms with E-state index >= 15 is 0 Å². The second-order valence-electron chi connectivity index (χ2n) is 5.88. The number of nitrogens with zero attached hydrogens (tertiary/aromatic N) is 2. The molecule has 1 heterocycles. The molecule has 1 aliphatic rings. The van der Waals surface area contributed by atoms with Crippen LogP contribution in [0.3, 0.4) is 0 Å². The van der Waals surface area contributed by atoms with Crippen molar-refractivity contribution in [3.05, 3.63) is 76.0 Å². The van der Waals surface area contributed by atoms with E-state index in [1.54, 1.807) is 24.4 Å². The number of anilines is 1. The molecule has 0 fully saturated rings. The van der Waals surface area contributed by atoms with Crippen molar-refractivity contribution >= 4 is 22.3 Å². The van der Waals surface area contributed by atoms with Crippen molar-refractivity contribution in [2.75, 3.05) is 5.32 Å². The van der Waals surface area contributed by atoms with Crippen molar-refractivity contribution in [3.63, 3.8) is 0 Å². The third-order valence-corrected chi connectivity index (χ3v) is 4.46. The zero-order valence-electron chi connectivity index (χ0n) is 12.7. The highest BCUT2D eigenvalue weighted by atomic mass is 16.6. The van der Waals surface area contributed by atoms with E-state index in [0.717, 1.165) is 11.1 Å². The minimum Gasteiger partial charge on any atom is -0.390 e. The first-order valence-corrected chi connectivity index (χ1v) is 7.69. The Bertz CT molecular complexity index is 942. The summed E-state index contributed by atoms with van der Waals surface area (Å²) in [6.45, 7) is 0. The number of aromatic nitrogens is 1. The lowest BCUT2D eigenvalue weighted by molar-refractivity contribution is -0.383. The van der Waals surface area contributed by atoms with Gasteiger partial charge in [-0.3, -0.25) is 15.1 Å². The maximum absolute atomic E-state index is 11.2. The molecule has 4 rings (SSSR count). The van der Waals surface area contributed by atoms with E-state index in [2.05, 4.69) is 10.3 Å². The molecule has 0 radical (unpaired) electrons. The van der Waals surface area contributed by atoms with Gasteiger partial charge in [0.05, 0.1) is 28.1 Å². The molecule has 1 aliphatic carbocycles. The van der Waals surface area contributed by atoms with Gasteiger partial charge in [-0.05, 0) is 29.3 Å². The lowest BCUT2D eigenvalue weighted by Gasteiger charge is -2.20. The number of non-ortho nitro benzene ring substituents is 1. The number of fused-ring (bicyclic) bond motifs is 2. The van der Waals surface area contributed by atoms with Gasteiger partial charge in [-0.1, -0.05) is 24.3 Å². The van der Waals surface area contributed by atoms with Gasteiger partial charge in [-0.15, -0.1) is 0 Å². The maximum atomic E-state index is 11.2. The quantitative estimate of drug-likeness (QED) is 0.571. The minimum atomic E-state index is -0.545. The van der Waals surface area contributed by atoms with Gasteiger partial charge < -0.3 is 10.4 Å². The lowest BCUT2D eigenvalue weighted by Crippen LogP contribution is -2.21. The van der Waals surface area contributed by atoms with Crippen LogP contribution in [0, 0.1) is 10.1 Å². The Morgan fingerprint density at radius 2 is 2.00 bits per heavy atom. The van der Waals surface area contributed by atoms with Crippen LogP contribution in [-0.2, 0) is 6.42 Å². The standard InChI is InChI=1S/C18H15N3O3/c22-16-10-11-4-1-2-5-12(11)18(16)20-14-7-8-15(21(23)24)13-6-3-9-19-17(13)14/h1-9,16,18,20,22H,10H2/t16-,18+/m0/s1. The highest BCUT2D eigenvalue weighted by Crippen LogP contribution is 2.37. The third-order valence-electron chi connectivity index (χ3n) is 4.46. The summed E-state index contributed by atoms with van der Waals surface area (Å²) in [6, 6.07) is 14.1. The van der Waals surface area contributed by atoms with Crippen LogP contribution in [0.15, 0.2) is 54.7 Å². The fourth-order valence-corrected chi connectivity index (χ4v) is 3.35. The van der Waals surface area contributed by atoms with E-state index in [0.29, 0.717) is 23.0 Å². The smallest absolute Gasteiger partial charge is 0.278 e. The summed E-state index contributed by atoms with van der Waals surface area (Å²) in [7, 11) is 0. The molecule has 0 aliphatic heterocycles. The topological polar surface area (TPSA) is 88.3 Å². The Balaban J connectivity index is 1.79. The predicted octanol–water partition coefficient (Wildman–Crippen LogP) is 3.21. The number of aliphatic hydroxyl groups excluding tert-OH is 1. The minimum absolute atomic E-state index is 0.0241. The van der Waals surface area contributed by atoms with Gasteiger partial charge >= 0.3 is 0 Å². The number of nitro groups is 1. The second-order valence-corrected chi connectivity index (χ2v) is 5.88. The molecule has 1 aromatic heterocycles. The summed E-state index contributed by atoms with van der Waals surface area (Å²) in [5, 5.41) is 25.4. The fraction of sp³-hybridized carbons (Fsp3) is 0.167. The van der Waals surface area contributed by atoms with Gasteiger partial charge in [-0.25, -0.2) is 0 Å². The molecule has 2 atom stereocenters. The molecule has 0 bridgehead atoms. The largest absolute Gasteiger partial charge is 0.390 e. The molecule has 0 amide bonds. The van der Waals surface area contributed by atoms with Crippen molar-refractivity contribution in [2.45, 2.75) is 18.6 Å². The molecule has 2 aromatic carbocycles. The lowest BCUT2D eigenvalue weighted by atomic mass is 10.1. The van der Waals surface area contributed by atoms with Gasteiger partial charge in [0.2, 0.25) is 0 Å². The first-order valence-electron chi connectivity index (χ1n) is 7.69. The normalized spacial score (nSPS) is 19.2. The van der Waals surface area contributed by atoms with Gasteiger partial charge in [0.1, 0.15) is 5.52 Å². The monoisotopic (exact) mass is 321 g/mol. The summed E-state index contributed by atoms with van der Waals surface area (Å²) in [4.78, 5) is 15.1. The van der Waals surface area contributed by atoms with Gasteiger partial charge in [-0.2, -0.15) is 0 Å². The predicted molar refractivity (Wildman–Crippen MR) is 90.9 cm³/mol. The molecule has 120 valence electrons. The fourth-order valence-electron chi connectivity index (χ4n) is 3.35. The summed E-state index contributed by atoms with van der Waals surface area (Å²) in [5.41, 5.74) is 3.39. The van der Waals surface area contributed by atoms with Crippen molar-refractivity contribution < 1.29 is 10.0 Å². The number of hydrogen-bond acceptors (Lipinski definition) is 5. The maximum Gasteiger partial charge on any atom is 0.278 e. The van der Waals surface area contributed by atoms with Gasteiger partial charge in [0.25, 0.3) is 5.69 Å². The van der Waals surface area contributed by atoms with Crippen molar-refractivity contribution in [3.8, 4) is 0 Å². The number of aliphatic hydroxyl groups is 1. The molecule has 3 aromatic rings. The molecule has 0 unspecified atom stereocenters. The molecule has 24 heavy (non-hydrogen) atoms. The summed E-state index contributed by atoms with van der Waals surface area (Å²) >= 11 is 0. The van der Waals surface area contributed by atoms with Crippen molar-refractivity contribution in [1.82, 2.24) is 4.98 Å². The number of nitrogens with one attached hydrogen (secondary N) is 1. The number of benzene rings is 2. The van der Waals surface area contributed by atoms with E-state index in [1.807, 2.05) is 24.3 Å². The number of hydrogen-bond donors (Lipinski definition) is 2. The first-order chi connectivity index (χ1) is 11.6. The van der Waals surface area contributed by atoms with Crippen LogP contribution in [-0.4, -0.2) is 21.1 Å². The molecule has 2 N–H and O–H groups in total. The molecule has 6 heteroatoms. The summed E-state index contributed by atoms with van der Waals surface area (Å²) in [5.74, 6) is 0. The SMILES string of the molecule is O=[N+]([O-])c1ccc(N[C@@H]2c3ccccc3C[C@@H]2O)c2ncccc12.